The molecule has 7 nitrogen and oxygen atoms in total. The van der Waals surface area contributed by atoms with Gasteiger partial charge in [-0.3, -0.25) is 19.7 Å². The van der Waals surface area contributed by atoms with Crippen LogP contribution in [0.2, 0.25) is 0 Å². The Balaban J connectivity index is 1.74. The first kappa shape index (κ1) is 18.5. The number of carbonyl (C=O) groups is 3. The minimum absolute atomic E-state index is 0.111. The van der Waals surface area contributed by atoms with Gasteiger partial charge < -0.3 is 15.5 Å². The number of benzene rings is 1. The third-order valence-electron chi connectivity index (χ3n) is 5.07. The van der Waals surface area contributed by atoms with Gasteiger partial charge >= 0.3 is 0 Å². The van der Waals surface area contributed by atoms with Crippen LogP contribution in [0.4, 0.5) is 0 Å². The molecule has 140 valence electrons. The second-order valence-electron chi connectivity index (χ2n) is 7.08. The van der Waals surface area contributed by atoms with Crippen LogP contribution in [-0.2, 0) is 22.7 Å². The van der Waals surface area contributed by atoms with E-state index in [2.05, 4.69) is 10.2 Å². The lowest BCUT2D eigenvalue weighted by molar-refractivity contribution is -0.136. The molecule has 2 aliphatic heterocycles. The standard InChI is InChI=1S/C19H26N4O3/c1-22(10-3-2-9-20)11-13-5-4-6-14-12-23(19(26)17(13)14)15-7-8-16(24)21-18(15)25/h4-6,15H,2-3,7-12,20H2,1H3,(H,21,24,25). The number of hydrogen-bond acceptors (Lipinski definition) is 5. The molecule has 1 aromatic rings. The number of rotatable bonds is 7. The lowest BCUT2D eigenvalue weighted by Gasteiger charge is -2.29. The van der Waals surface area contributed by atoms with Crippen molar-refractivity contribution in [3.8, 4) is 0 Å². The first-order valence-corrected chi connectivity index (χ1v) is 9.15. The van der Waals surface area contributed by atoms with Crippen molar-refractivity contribution >= 4 is 17.7 Å². The molecule has 2 heterocycles. The molecule has 1 saturated heterocycles. The summed E-state index contributed by atoms with van der Waals surface area (Å²) in [6, 6.07) is 5.31. The van der Waals surface area contributed by atoms with Crippen molar-refractivity contribution in [2.75, 3.05) is 20.1 Å². The van der Waals surface area contributed by atoms with Crippen molar-refractivity contribution < 1.29 is 14.4 Å². The van der Waals surface area contributed by atoms with Crippen molar-refractivity contribution in [2.24, 2.45) is 5.73 Å². The highest BCUT2D eigenvalue weighted by Gasteiger charge is 2.39. The summed E-state index contributed by atoms with van der Waals surface area (Å²) in [4.78, 5) is 40.3. The summed E-state index contributed by atoms with van der Waals surface area (Å²) >= 11 is 0. The minimum atomic E-state index is -0.567. The van der Waals surface area contributed by atoms with E-state index in [1.807, 2.05) is 25.2 Å². The zero-order valence-corrected chi connectivity index (χ0v) is 15.2. The number of carbonyl (C=O) groups excluding carboxylic acids is 3. The summed E-state index contributed by atoms with van der Waals surface area (Å²) in [5.74, 6) is -0.751. The van der Waals surface area contributed by atoms with Crippen molar-refractivity contribution in [1.29, 1.82) is 0 Å². The highest BCUT2D eigenvalue weighted by atomic mass is 16.2. The Morgan fingerprint density at radius 2 is 2.08 bits per heavy atom. The van der Waals surface area contributed by atoms with Gasteiger partial charge in [0.05, 0.1) is 0 Å². The predicted octanol–water partition coefficient (Wildman–Crippen LogP) is 0.618. The summed E-state index contributed by atoms with van der Waals surface area (Å²) < 4.78 is 0. The predicted molar refractivity (Wildman–Crippen MR) is 97.1 cm³/mol. The summed E-state index contributed by atoms with van der Waals surface area (Å²) in [7, 11) is 2.04. The van der Waals surface area contributed by atoms with Crippen molar-refractivity contribution in [3.63, 3.8) is 0 Å². The highest BCUT2D eigenvalue weighted by Crippen LogP contribution is 2.30. The first-order valence-electron chi connectivity index (χ1n) is 9.15. The van der Waals surface area contributed by atoms with E-state index in [9.17, 15) is 14.4 Å². The summed E-state index contributed by atoms with van der Waals surface area (Å²) in [6.07, 6.45) is 2.67. The van der Waals surface area contributed by atoms with Gasteiger partial charge in [0.15, 0.2) is 0 Å². The fourth-order valence-corrected chi connectivity index (χ4v) is 3.72. The number of hydrogen-bond donors (Lipinski definition) is 2. The van der Waals surface area contributed by atoms with E-state index in [-0.39, 0.29) is 24.1 Å². The van der Waals surface area contributed by atoms with Crippen LogP contribution in [-0.4, -0.2) is 53.7 Å². The van der Waals surface area contributed by atoms with Gasteiger partial charge in [-0.15, -0.1) is 0 Å². The molecule has 0 bridgehead atoms. The minimum Gasteiger partial charge on any atom is -0.330 e. The van der Waals surface area contributed by atoms with Crippen LogP contribution >= 0.6 is 0 Å². The molecule has 2 aliphatic rings. The number of piperidine rings is 1. The van der Waals surface area contributed by atoms with Crippen molar-refractivity contribution in [1.82, 2.24) is 15.1 Å². The molecular formula is C19H26N4O3. The molecule has 0 saturated carbocycles. The van der Waals surface area contributed by atoms with Gasteiger partial charge in [-0.2, -0.15) is 0 Å². The third kappa shape index (κ3) is 3.78. The van der Waals surface area contributed by atoms with E-state index in [1.165, 1.54) is 0 Å². The van der Waals surface area contributed by atoms with Crippen LogP contribution in [0.1, 0.15) is 47.2 Å². The number of nitrogens with one attached hydrogen (secondary N) is 1. The highest BCUT2D eigenvalue weighted by molar-refractivity contribution is 6.05. The quantitative estimate of drug-likeness (QED) is 0.550. The van der Waals surface area contributed by atoms with Gasteiger partial charge in [0.2, 0.25) is 11.8 Å². The maximum Gasteiger partial charge on any atom is 0.255 e. The number of imide groups is 1. The molecule has 7 heteroatoms. The summed E-state index contributed by atoms with van der Waals surface area (Å²) in [5, 5.41) is 2.34. The Hall–Kier alpha value is -2.25. The fraction of sp³-hybridized carbons (Fsp3) is 0.526. The van der Waals surface area contributed by atoms with Crippen LogP contribution in [0.25, 0.3) is 0 Å². The molecule has 0 aromatic heterocycles. The van der Waals surface area contributed by atoms with Crippen molar-refractivity contribution in [3.05, 3.63) is 34.9 Å². The van der Waals surface area contributed by atoms with E-state index in [0.29, 0.717) is 31.6 Å². The number of fused-ring (bicyclic) bond motifs is 1. The van der Waals surface area contributed by atoms with E-state index in [0.717, 1.165) is 30.5 Å². The SMILES string of the molecule is CN(CCCCN)Cc1cccc2c1C(=O)N(C1CCC(=O)NC1=O)C2. The lowest BCUT2D eigenvalue weighted by Crippen LogP contribution is -2.52. The van der Waals surface area contributed by atoms with Gasteiger partial charge in [0, 0.05) is 25.1 Å². The third-order valence-corrected chi connectivity index (χ3v) is 5.07. The molecular weight excluding hydrogens is 332 g/mol. The molecule has 1 aromatic carbocycles. The van der Waals surface area contributed by atoms with Crippen LogP contribution in [0.5, 0.6) is 0 Å². The molecule has 1 fully saturated rings. The average Bonchev–Trinajstić information content (AvgIpc) is 2.93. The van der Waals surface area contributed by atoms with Gasteiger partial charge in [0.1, 0.15) is 6.04 Å². The monoisotopic (exact) mass is 358 g/mol. The Bertz CT molecular complexity index is 719. The molecule has 1 unspecified atom stereocenters. The Morgan fingerprint density at radius 3 is 2.81 bits per heavy atom. The topological polar surface area (TPSA) is 95.7 Å². The van der Waals surface area contributed by atoms with Crippen molar-refractivity contribution in [2.45, 2.75) is 44.8 Å². The van der Waals surface area contributed by atoms with Gasteiger partial charge in [-0.05, 0) is 50.5 Å². The van der Waals surface area contributed by atoms with Gasteiger partial charge in [-0.1, -0.05) is 18.2 Å². The molecule has 0 radical (unpaired) electrons. The first-order chi connectivity index (χ1) is 12.5. The number of nitrogens with two attached hydrogens (primary N) is 1. The van der Waals surface area contributed by atoms with Gasteiger partial charge in [0.25, 0.3) is 5.91 Å². The second kappa shape index (κ2) is 7.97. The second-order valence-corrected chi connectivity index (χ2v) is 7.08. The molecule has 26 heavy (non-hydrogen) atoms. The van der Waals surface area contributed by atoms with Crippen LogP contribution in [0.15, 0.2) is 18.2 Å². The molecule has 3 amide bonds. The van der Waals surface area contributed by atoms with E-state index in [1.54, 1.807) is 4.90 Å². The summed E-state index contributed by atoms with van der Waals surface area (Å²) in [6.45, 7) is 2.72. The Labute approximate surface area is 153 Å². The number of amides is 3. The molecule has 3 N–H and O–H groups in total. The van der Waals surface area contributed by atoms with Crippen LogP contribution in [0.3, 0.4) is 0 Å². The summed E-state index contributed by atoms with van der Waals surface area (Å²) in [5.41, 5.74) is 8.19. The molecule has 3 rings (SSSR count). The zero-order valence-electron chi connectivity index (χ0n) is 15.2. The number of nitrogens with zero attached hydrogens (tertiary/aromatic N) is 2. The Morgan fingerprint density at radius 1 is 1.27 bits per heavy atom. The van der Waals surface area contributed by atoms with Gasteiger partial charge in [-0.25, -0.2) is 0 Å². The van der Waals surface area contributed by atoms with E-state index < -0.39 is 6.04 Å². The average molecular weight is 358 g/mol. The van der Waals surface area contributed by atoms with E-state index in [4.69, 9.17) is 5.73 Å². The molecule has 1 atom stereocenters. The van der Waals surface area contributed by atoms with Crippen LogP contribution in [0, 0.1) is 0 Å². The van der Waals surface area contributed by atoms with Crippen LogP contribution < -0.4 is 11.1 Å². The molecule has 0 spiro atoms. The largest absolute Gasteiger partial charge is 0.330 e. The Kier molecular flexibility index (Phi) is 5.68. The normalized spacial score (nSPS) is 19.9. The lowest BCUT2D eigenvalue weighted by atomic mass is 10.0. The fourth-order valence-electron chi connectivity index (χ4n) is 3.72. The maximum atomic E-state index is 13.0. The number of unbranched alkanes of at least 4 members (excludes halogenated alkanes) is 1. The van der Waals surface area contributed by atoms with E-state index >= 15 is 0 Å². The maximum absolute atomic E-state index is 13.0. The molecule has 0 aliphatic carbocycles. The zero-order chi connectivity index (χ0) is 18.7. The smallest absolute Gasteiger partial charge is 0.255 e.